The predicted octanol–water partition coefficient (Wildman–Crippen LogP) is 11.0. The first-order chi connectivity index (χ1) is 19.6. The standard InChI is InChI=1S/C36H60O4/c1-3-5-7-9-11-12-13-14-15-16-17-18-19-20-21-23-29-33-36(39)40-34(30-26-22-10-8-6-4-2)31-27-24-25-28-32-35(37)38/h5,7,11-12,14-15,17-18,20-21,34H,3-4,6,8-10,13,16,19,22-33H2,1-2H3,(H,37,38)/b7-5-,12-11-,15-14-,18-17-,21-20-. The Kier molecular flexibility index (Phi) is 29.3. The third-order valence-electron chi connectivity index (χ3n) is 6.75. The van der Waals surface area contributed by atoms with Crippen molar-refractivity contribution in [1.29, 1.82) is 0 Å². The zero-order valence-electron chi connectivity index (χ0n) is 25.9. The normalized spacial score (nSPS) is 13.1. The van der Waals surface area contributed by atoms with Crippen molar-refractivity contribution in [3.8, 4) is 0 Å². The molecule has 0 fully saturated rings. The van der Waals surface area contributed by atoms with Crippen LogP contribution in [0.1, 0.15) is 149 Å². The number of carboxylic acids is 1. The molecular formula is C36H60O4. The van der Waals surface area contributed by atoms with Crippen LogP contribution in [0.5, 0.6) is 0 Å². The lowest BCUT2D eigenvalue weighted by Gasteiger charge is -2.18. The van der Waals surface area contributed by atoms with E-state index in [0.29, 0.717) is 6.42 Å². The Morgan fingerprint density at radius 3 is 1.57 bits per heavy atom. The van der Waals surface area contributed by atoms with E-state index in [0.717, 1.165) is 89.9 Å². The third-order valence-corrected chi connectivity index (χ3v) is 6.75. The molecule has 1 unspecified atom stereocenters. The molecule has 40 heavy (non-hydrogen) atoms. The van der Waals surface area contributed by atoms with Crippen molar-refractivity contribution >= 4 is 11.9 Å². The second-order valence-electron chi connectivity index (χ2n) is 10.6. The molecule has 0 radical (unpaired) electrons. The van der Waals surface area contributed by atoms with Gasteiger partial charge >= 0.3 is 11.9 Å². The minimum atomic E-state index is -0.723. The van der Waals surface area contributed by atoms with E-state index in [4.69, 9.17) is 9.84 Å². The van der Waals surface area contributed by atoms with Crippen LogP contribution in [0.25, 0.3) is 0 Å². The van der Waals surface area contributed by atoms with E-state index in [2.05, 4.69) is 74.6 Å². The first-order valence-corrected chi connectivity index (χ1v) is 16.3. The molecule has 0 aliphatic carbocycles. The van der Waals surface area contributed by atoms with Crippen LogP contribution in [0.15, 0.2) is 60.8 Å². The minimum Gasteiger partial charge on any atom is -0.481 e. The van der Waals surface area contributed by atoms with Gasteiger partial charge in [0.2, 0.25) is 0 Å². The molecule has 4 nitrogen and oxygen atoms in total. The molecule has 0 saturated carbocycles. The summed E-state index contributed by atoms with van der Waals surface area (Å²) in [5, 5.41) is 8.78. The molecule has 0 bridgehead atoms. The van der Waals surface area contributed by atoms with Gasteiger partial charge in [-0.3, -0.25) is 9.59 Å². The smallest absolute Gasteiger partial charge is 0.306 e. The summed E-state index contributed by atoms with van der Waals surface area (Å²) in [6.07, 6.45) is 42.3. The van der Waals surface area contributed by atoms with Gasteiger partial charge < -0.3 is 9.84 Å². The Labute approximate surface area is 246 Å². The lowest BCUT2D eigenvalue weighted by Crippen LogP contribution is -2.18. The van der Waals surface area contributed by atoms with E-state index >= 15 is 0 Å². The number of esters is 1. The van der Waals surface area contributed by atoms with Crippen molar-refractivity contribution in [2.75, 3.05) is 0 Å². The number of allylic oxidation sites excluding steroid dienone is 10. The molecule has 0 amide bonds. The van der Waals surface area contributed by atoms with Gasteiger partial charge in [0.05, 0.1) is 0 Å². The number of aliphatic carboxylic acids is 1. The molecule has 0 aliphatic heterocycles. The van der Waals surface area contributed by atoms with Crippen molar-refractivity contribution in [2.24, 2.45) is 0 Å². The summed E-state index contributed by atoms with van der Waals surface area (Å²) >= 11 is 0. The van der Waals surface area contributed by atoms with Crippen LogP contribution >= 0.6 is 0 Å². The highest BCUT2D eigenvalue weighted by Crippen LogP contribution is 2.17. The fraction of sp³-hybridized carbons (Fsp3) is 0.667. The average Bonchev–Trinajstić information content (AvgIpc) is 2.93. The van der Waals surface area contributed by atoms with Gasteiger partial charge in [0.15, 0.2) is 0 Å². The van der Waals surface area contributed by atoms with E-state index in [1.165, 1.54) is 32.1 Å². The second kappa shape index (κ2) is 31.2. The summed E-state index contributed by atoms with van der Waals surface area (Å²) in [5.41, 5.74) is 0. The van der Waals surface area contributed by atoms with Crippen LogP contribution in [-0.4, -0.2) is 23.1 Å². The quantitative estimate of drug-likeness (QED) is 0.0591. The van der Waals surface area contributed by atoms with Crippen LogP contribution in [0, 0.1) is 0 Å². The number of carbonyl (C=O) groups is 2. The first kappa shape index (κ1) is 37.6. The molecule has 0 aromatic rings. The maximum Gasteiger partial charge on any atom is 0.306 e. The maximum absolute atomic E-state index is 12.5. The summed E-state index contributed by atoms with van der Waals surface area (Å²) in [6.45, 7) is 4.38. The Hall–Kier alpha value is -2.36. The summed E-state index contributed by atoms with van der Waals surface area (Å²) in [4.78, 5) is 23.1. The molecule has 0 rings (SSSR count). The lowest BCUT2D eigenvalue weighted by atomic mass is 10.0. The first-order valence-electron chi connectivity index (χ1n) is 16.3. The molecule has 0 aliphatic rings. The molecule has 0 spiro atoms. The van der Waals surface area contributed by atoms with Gasteiger partial charge in [-0.05, 0) is 77.0 Å². The maximum atomic E-state index is 12.5. The summed E-state index contributed by atoms with van der Waals surface area (Å²) in [5.74, 6) is -0.798. The average molecular weight is 557 g/mol. The van der Waals surface area contributed by atoms with Gasteiger partial charge in [0.1, 0.15) is 6.10 Å². The van der Waals surface area contributed by atoms with E-state index < -0.39 is 5.97 Å². The number of hydrogen-bond donors (Lipinski definition) is 1. The highest BCUT2D eigenvalue weighted by atomic mass is 16.5. The van der Waals surface area contributed by atoms with Gasteiger partial charge in [-0.2, -0.15) is 0 Å². The molecule has 228 valence electrons. The zero-order chi connectivity index (χ0) is 29.4. The van der Waals surface area contributed by atoms with Crippen molar-refractivity contribution in [1.82, 2.24) is 0 Å². The van der Waals surface area contributed by atoms with Crippen LogP contribution in [0.3, 0.4) is 0 Å². The molecule has 0 heterocycles. The van der Waals surface area contributed by atoms with Gasteiger partial charge in [-0.25, -0.2) is 0 Å². The SMILES string of the molecule is CC/C=C\C/C=C\C/C=C\C/C=C\C/C=C\CCCC(=O)OC(CCCCCCCC)CCCCCCC(=O)O. The van der Waals surface area contributed by atoms with E-state index in [1.807, 2.05) is 0 Å². The Morgan fingerprint density at radius 2 is 1.05 bits per heavy atom. The highest BCUT2D eigenvalue weighted by molar-refractivity contribution is 5.69. The fourth-order valence-electron chi connectivity index (χ4n) is 4.39. The van der Waals surface area contributed by atoms with Gasteiger partial charge in [0, 0.05) is 12.8 Å². The Bertz CT molecular complexity index is 729. The topological polar surface area (TPSA) is 63.6 Å². The fourth-order valence-corrected chi connectivity index (χ4v) is 4.39. The van der Waals surface area contributed by atoms with Gasteiger partial charge in [-0.1, -0.05) is 120 Å². The number of carboxylic acid groups (broad SMARTS) is 1. The Morgan fingerprint density at radius 1 is 0.575 bits per heavy atom. The number of ether oxygens (including phenoxy) is 1. The van der Waals surface area contributed by atoms with Gasteiger partial charge in [0.25, 0.3) is 0 Å². The molecule has 4 heteroatoms. The number of carbonyl (C=O) groups excluding carboxylic acids is 1. The molecule has 1 N–H and O–H groups in total. The molecule has 0 aromatic heterocycles. The molecule has 1 atom stereocenters. The Balaban J connectivity index is 4.07. The van der Waals surface area contributed by atoms with Crippen LogP contribution in [0.2, 0.25) is 0 Å². The number of hydrogen-bond acceptors (Lipinski definition) is 3. The minimum absolute atomic E-state index is 0.00634. The van der Waals surface area contributed by atoms with Crippen molar-refractivity contribution in [3.63, 3.8) is 0 Å². The van der Waals surface area contributed by atoms with E-state index in [1.54, 1.807) is 0 Å². The highest BCUT2D eigenvalue weighted by Gasteiger charge is 2.14. The summed E-state index contributed by atoms with van der Waals surface area (Å²) in [6, 6.07) is 0. The van der Waals surface area contributed by atoms with Crippen LogP contribution in [0.4, 0.5) is 0 Å². The third kappa shape index (κ3) is 30.2. The lowest BCUT2D eigenvalue weighted by molar-refractivity contribution is -0.150. The number of rotatable bonds is 28. The van der Waals surface area contributed by atoms with E-state index in [9.17, 15) is 9.59 Å². The van der Waals surface area contributed by atoms with Crippen molar-refractivity contribution in [2.45, 2.75) is 155 Å². The second-order valence-corrected chi connectivity index (χ2v) is 10.6. The predicted molar refractivity (Wildman–Crippen MR) is 172 cm³/mol. The molecule has 0 aromatic carbocycles. The number of unbranched alkanes of at least 4 members (excludes halogenated alkanes) is 9. The summed E-state index contributed by atoms with van der Waals surface area (Å²) < 4.78 is 5.87. The van der Waals surface area contributed by atoms with Crippen molar-refractivity contribution < 1.29 is 19.4 Å². The van der Waals surface area contributed by atoms with Crippen molar-refractivity contribution in [3.05, 3.63) is 60.8 Å². The molecular weight excluding hydrogens is 496 g/mol. The van der Waals surface area contributed by atoms with Crippen LogP contribution < -0.4 is 0 Å². The monoisotopic (exact) mass is 556 g/mol. The zero-order valence-corrected chi connectivity index (χ0v) is 25.9. The van der Waals surface area contributed by atoms with Crippen LogP contribution in [-0.2, 0) is 14.3 Å². The van der Waals surface area contributed by atoms with Gasteiger partial charge in [-0.15, -0.1) is 0 Å². The summed E-state index contributed by atoms with van der Waals surface area (Å²) in [7, 11) is 0. The molecule has 0 saturated heterocycles. The van der Waals surface area contributed by atoms with E-state index in [-0.39, 0.29) is 18.5 Å². The largest absolute Gasteiger partial charge is 0.481 e.